The number of piperidine rings is 1. The number of carbonyl (C=O) groups is 2. The van der Waals surface area contributed by atoms with E-state index in [0.29, 0.717) is 0 Å². The van der Waals surface area contributed by atoms with Gasteiger partial charge in [0.1, 0.15) is 5.50 Å². The lowest BCUT2D eigenvalue weighted by Crippen LogP contribution is -2.64. The van der Waals surface area contributed by atoms with E-state index in [1.54, 1.807) is 0 Å². The van der Waals surface area contributed by atoms with Gasteiger partial charge in [-0.3, -0.25) is 19.8 Å². The van der Waals surface area contributed by atoms with Crippen LogP contribution in [-0.4, -0.2) is 47.1 Å². The zero-order valence-electron chi connectivity index (χ0n) is 17.4. The van der Waals surface area contributed by atoms with Crippen molar-refractivity contribution in [1.82, 2.24) is 15.5 Å². The van der Waals surface area contributed by atoms with Crippen LogP contribution < -0.4 is 16.0 Å². The number of anilines is 1. The third kappa shape index (κ3) is 5.88. The first-order valence-corrected chi connectivity index (χ1v) is 12.3. The van der Waals surface area contributed by atoms with Gasteiger partial charge in [-0.25, -0.2) is 0 Å². The SMILES string of the molecule is Cc1cc(NC(=O)CSC2NC(=O)C3CN(Cc4ccccc4)CCC3N2)ccc1Br. The molecule has 2 aliphatic heterocycles. The van der Waals surface area contributed by atoms with Gasteiger partial charge < -0.3 is 10.6 Å². The van der Waals surface area contributed by atoms with Crippen molar-refractivity contribution in [3.63, 3.8) is 0 Å². The topological polar surface area (TPSA) is 73.5 Å². The number of carbonyl (C=O) groups excluding carboxylic acids is 2. The highest BCUT2D eigenvalue weighted by atomic mass is 79.9. The number of nitrogens with zero attached hydrogens (tertiary/aromatic N) is 1. The van der Waals surface area contributed by atoms with Crippen LogP contribution in [0.5, 0.6) is 0 Å². The molecule has 2 saturated heterocycles. The monoisotopic (exact) mass is 502 g/mol. The maximum Gasteiger partial charge on any atom is 0.234 e. The number of benzene rings is 2. The molecule has 2 amide bonds. The second kappa shape index (κ2) is 10.2. The predicted molar refractivity (Wildman–Crippen MR) is 129 cm³/mol. The van der Waals surface area contributed by atoms with Crippen LogP contribution in [0.3, 0.4) is 0 Å². The summed E-state index contributed by atoms with van der Waals surface area (Å²) in [6, 6.07) is 16.2. The van der Waals surface area contributed by atoms with Gasteiger partial charge in [0.25, 0.3) is 0 Å². The lowest BCUT2D eigenvalue weighted by molar-refractivity contribution is -0.130. The summed E-state index contributed by atoms with van der Waals surface area (Å²) in [5, 5.41) is 9.48. The molecule has 0 aromatic heterocycles. The molecule has 2 fully saturated rings. The molecule has 0 radical (unpaired) electrons. The number of likely N-dealkylation sites (tertiary alicyclic amines) is 1. The van der Waals surface area contributed by atoms with Gasteiger partial charge in [-0.05, 0) is 42.7 Å². The van der Waals surface area contributed by atoms with Gasteiger partial charge in [0.2, 0.25) is 11.8 Å². The van der Waals surface area contributed by atoms with Crippen molar-refractivity contribution >= 4 is 45.2 Å². The Kier molecular flexibility index (Phi) is 7.32. The zero-order valence-corrected chi connectivity index (χ0v) is 19.8. The van der Waals surface area contributed by atoms with Crippen LogP contribution >= 0.6 is 27.7 Å². The van der Waals surface area contributed by atoms with Crippen LogP contribution in [0, 0.1) is 12.8 Å². The molecule has 2 aromatic carbocycles. The van der Waals surface area contributed by atoms with Crippen LogP contribution in [0.4, 0.5) is 5.69 Å². The summed E-state index contributed by atoms with van der Waals surface area (Å²) >= 11 is 4.88. The van der Waals surface area contributed by atoms with E-state index in [-0.39, 0.29) is 35.0 Å². The number of amides is 2. The Bertz CT molecular complexity index is 942. The van der Waals surface area contributed by atoms with E-state index in [1.165, 1.54) is 17.3 Å². The maximum atomic E-state index is 12.7. The number of hydrogen-bond donors (Lipinski definition) is 3. The molecule has 164 valence electrons. The Balaban J connectivity index is 1.25. The predicted octanol–water partition coefficient (Wildman–Crippen LogP) is 3.32. The summed E-state index contributed by atoms with van der Waals surface area (Å²) in [4.78, 5) is 27.4. The highest BCUT2D eigenvalue weighted by Crippen LogP contribution is 2.25. The number of halogens is 1. The lowest BCUT2D eigenvalue weighted by Gasteiger charge is -2.43. The Morgan fingerprint density at radius 1 is 1.26 bits per heavy atom. The Labute approximate surface area is 195 Å². The Morgan fingerprint density at radius 3 is 2.84 bits per heavy atom. The van der Waals surface area contributed by atoms with Crippen molar-refractivity contribution in [2.24, 2.45) is 5.92 Å². The molecular formula is C23H27BrN4O2S. The number of thioether (sulfide) groups is 1. The van der Waals surface area contributed by atoms with Crippen LogP contribution in [0.15, 0.2) is 53.0 Å². The first kappa shape index (κ1) is 22.3. The number of rotatable bonds is 6. The Hall–Kier alpha value is -1.87. The molecule has 0 aliphatic carbocycles. The molecular weight excluding hydrogens is 476 g/mol. The second-order valence-corrected chi connectivity index (χ2v) is 10.0. The quantitative estimate of drug-likeness (QED) is 0.564. The molecule has 0 bridgehead atoms. The van der Waals surface area contributed by atoms with Crippen molar-refractivity contribution < 1.29 is 9.59 Å². The number of fused-ring (bicyclic) bond motifs is 1. The van der Waals surface area contributed by atoms with E-state index >= 15 is 0 Å². The van der Waals surface area contributed by atoms with Crippen molar-refractivity contribution in [2.75, 3.05) is 24.2 Å². The molecule has 3 atom stereocenters. The van der Waals surface area contributed by atoms with Gasteiger partial charge in [-0.15, -0.1) is 11.8 Å². The summed E-state index contributed by atoms with van der Waals surface area (Å²) in [7, 11) is 0. The van der Waals surface area contributed by atoms with Crippen molar-refractivity contribution in [1.29, 1.82) is 0 Å². The molecule has 4 rings (SSSR count). The van der Waals surface area contributed by atoms with E-state index < -0.39 is 0 Å². The third-order valence-corrected chi connectivity index (χ3v) is 7.65. The van der Waals surface area contributed by atoms with Gasteiger partial charge in [0, 0.05) is 35.8 Å². The fourth-order valence-electron chi connectivity index (χ4n) is 4.11. The van der Waals surface area contributed by atoms with Gasteiger partial charge in [0.15, 0.2) is 0 Å². The molecule has 6 nitrogen and oxygen atoms in total. The minimum Gasteiger partial charge on any atom is -0.331 e. The first-order chi connectivity index (χ1) is 15.0. The molecule has 0 saturated carbocycles. The van der Waals surface area contributed by atoms with Crippen LogP contribution in [0.2, 0.25) is 0 Å². The Morgan fingerprint density at radius 2 is 2.06 bits per heavy atom. The number of aryl methyl sites for hydroxylation is 1. The summed E-state index contributed by atoms with van der Waals surface area (Å²) in [6.07, 6.45) is 0.923. The largest absolute Gasteiger partial charge is 0.331 e. The van der Waals surface area contributed by atoms with Crippen molar-refractivity contribution in [3.05, 3.63) is 64.1 Å². The average Bonchev–Trinajstić information content (AvgIpc) is 2.76. The highest BCUT2D eigenvalue weighted by Gasteiger charge is 2.39. The molecule has 3 unspecified atom stereocenters. The van der Waals surface area contributed by atoms with E-state index in [2.05, 4.69) is 48.9 Å². The maximum absolute atomic E-state index is 12.7. The second-order valence-electron chi connectivity index (χ2n) is 8.10. The molecule has 31 heavy (non-hydrogen) atoms. The fraction of sp³-hybridized carbons (Fsp3) is 0.391. The minimum absolute atomic E-state index is 0.0612. The van der Waals surface area contributed by atoms with E-state index in [0.717, 1.165) is 41.8 Å². The third-order valence-electron chi connectivity index (χ3n) is 5.74. The number of hydrogen-bond acceptors (Lipinski definition) is 5. The van der Waals surface area contributed by atoms with Gasteiger partial charge in [0.05, 0.1) is 11.7 Å². The lowest BCUT2D eigenvalue weighted by atomic mass is 9.89. The standard InChI is InChI=1S/C23H27BrN4O2S/c1-15-11-17(7-8-19(15)24)25-21(29)14-31-23-26-20-9-10-28(13-18(20)22(30)27-23)12-16-5-3-2-4-6-16/h2-8,11,18,20,23,26H,9-10,12-14H2,1H3,(H,25,29)(H,27,30). The van der Waals surface area contributed by atoms with Crippen molar-refractivity contribution in [2.45, 2.75) is 31.4 Å². The van der Waals surface area contributed by atoms with E-state index in [9.17, 15) is 9.59 Å². The molecule has 2 heterocycles. The van der Waals surface area contributed by atoms with Gasteiger partial charge in [-0.2, -0.15) is 0 Å². The van der Waals surface area contributed by atoms with Gasteiger partial charge in [-0.1, -0.05) is 46.3 Å². The molecule has 2 aromatic rings. The van der Waals surface area contributed by atoms with E-state index in [1.807, 2.05) is 43.3 Å². The summed E-state index contributed by atoms with van der Waals surface area (Å²) < 4.78 is 1.01. The number of nitrogens with one attached hydrogen (secondary N) is 3. The van der Waals surface area contributed by atoms with E-state index in [4.69, 9.17) is 0 Å². The molecule has 2 aliphatic rings. The smallest absolute Gasteiger partial charge is 0.234 e. The molecule has 3 N–H and O–H groups in total. The zero-order chi connectivity index (χ0) is 21.8. The fourth-order valence-corrected chi connectivity index (χ4v) is 5.22. The summed E-state index contributed by atoms with van der Waals surface area (Å²) in [6.45, 7) is 4.55. The molecule has 0 spiro atoms. The van der Waals surface area contributed by atoms with Gasteiger partial charge >= 0.3 is 0 Å². The summed E-state index contributed by atoms with van der Waals surface area (Å²) in [5.74, 6) is 0.198. The first-order valence-electron chi connectivity index (χ1n) is 10.5. The van der Waals surface area contributed by atoms with Crippen LogP contribution in [0.1, 0.15) is 17.5 Å². The normalized spacial score (nSPS) is 23.7. The average molecular weight is 503 g/mol. The van der Waals surface area contributed by atoms with Crippen LogP contribution in [-0.2, 0) is 16.1 Å². The highest BCUT2D eigenvalue weighted by molar-refractivity contribution is 9.10. The summed E-state index contributed by atoms with van der Waals surface area (Å²) in [5.41, 5.74) is 2.87. The van der Waals surface area contributed by atoms with Crippen LogP contribution in [0.25, 0.3) is 0 Å². The minimum atomic E-state index is -0.244. The molecule has 8 heteroatoms. The van der Waals surface area contributed by atoms with Crippen molar-refractivity contribution in [3.8, 4) is 0 Å².